The average molecular weight is 372 g/mol. The van der Waals surface area contributed by atoms with Gasteiger partial charge in [0, 0.05) is 38.5 Å². The van der Waals surface area contributed by atoms with Crippen molar-refractivity contribution in [3.05, 3.63) is 23.9 Å². The molecule has 2 saturated heterocycles. The number of amides is 1. The van der Waals surface area contributed by atoms with E-state index >= 15 is 0 Å². The minimum absolute atomic E-state index is 0.0106. The quantitative estimate of drug-likeness (QED) is 0.844. The Hall–Kier alpha value is -1.87. The molecule has 1 aromatic heterocycles. The molecule has 0 atom stereocenters. The highest BCUT2D eigenvalue weighted by molar-refractivity contribution is 5.86. The van der Waals surface area contributed by atoms with Gasteiger partial charge in [0.15, 0.2) is 0 Å². The summed E-state index contributed by atoms with van der Waals surface area (Å²) in [5.74, 6) is 0.370. The van der Waals surface area contributed by atoms with Crippen molar-refractivity contribution in [2.24, 2.45) is 5.73 Å². The Bertz CT molecular complexity index is 622. The van der Waals surface area contributed by atoms with Crippen LogP contribution < -0.4 is 16.0 Å². The molecule has 3 heterocycles. The molecule has 26 heavy (non-hydrogen) atoms. The monoisotopic (exact) mass is 372 g/mol. The molecule has 1 amide bonds. The first-order valence-electron chi connectivity index (χ1n) is 8.74. The minimum atomic E-state index is -4.38. The Morgan fingerprint density at radius 3 is 2.46 bits per heavy atom. The fourth-order valence-corrected chi connectivity index (χ4v) is 3.29. The molecule has 0 saturated carbocycles. The molecule has 2 aliphatic heterocycles. The van der Waals surface area contributed by atoms with Crippen molar-refractivity contribution in [1.29, 1.82) is 0 Å². The number of halogens is 3. The standard InChI is InChI=1S/C17H23F3N4O2/c18-17(19,20)12-1-2-14(22-11-12)24-7-3-13(4-8-24)23-15(25)16(21)5-9-26-10-6-16/h1-2,11,13H,3-10,21H2,(H,23,25). The minimum Gasteiger partial charge on any atom is -0.381 e. The highest BCUT2D eigenvalue weighted by Gasteiger charge is 2.37. The molecule has 3 N–H and O–H groups in total. The van der Waals surface area contributed by atoms with Crippen LogP contribution >= 0.6 is 0 Å². The molecular formula is C17H23F3N4O2. The highest BCUT2D eigenvalue weighted by atomic mass is 19.4. The third-order valence-corrected chi connectivity index (χ3v) is 5.07. The molecule has 0 radical (unpaired) electrons. The van der Waals surface area contributed by atoms with Gasteiger partial charge >= 0.3 is 6.18 Å². The van der Waals surface area contributed by atoms with Crippen molar-refractivity contribution in [2.75, 3.05) is 31.2 Å². The number of alkyl halides is 3. The molecule has 2 aliphatic rings. The second-order valence-corrected chi connectivity index (χ2v) is 6.91. The van der Waals surface area contributed by atoms with Gasteiger partial charge in [0.1, 0.15) is 5.82 Å². The van der Waals surface area contributed by atoms with Crippen LogP contribution in [0.15, 0.2) is 18.3 Å². The number of nitrogens with two attached hydrogens (primary N) is 1. The van der Waals surface area contributed by atoms with E-state index in [0.29, 0.717) is 57.8 Å². The van der Waals surface area contributed by atoms with Crippen LogP contribution in [0, 0.1) is 0 Å². The average Bonchev–Trinajstić information content (AvgIpc) is 2.62. The summed E-state index contributed by atoms with van der Waals surface area (Å²) in [6.45, 7) is 2.21. The Balaban J connectivity index is 1.52. The van der Waals surface area contributed by atoms with Gasteiger partial charge in [0.05, 0.1) is 11.1 Å². The van der Waals surface area contributed by atoms with E-state index < -0.39 is 17.3 Å². The molecule has 0 spiro atoms. The maximum absolute atomic E-state index is 12.6. The number of pyridine rings is 1. The van der Waals surface area contributed by atoms with Crippen molar-refractivity contribution >= 4 is 11.7 Å². The number of rotatable bonds is 3. The zero-order chi connectivity index (χ0) is 18.8. The summed E-state index contributed by atoms with van der Waals surface area (Å²) in [5, 5.41) is 3.01. The summed E-state index contributed by atoms with van der Waals surface area (Å²) in [6.07, 6.45) is -1.12. The third kappa shape index (κ3) is 4.27. The Labute approximate surface area is 149 Å². The van der Waals surface area contributed by atoms with Crippen molar-refractivity contribution in [3.8, 4) is 0 Å². The van der Waals surface area contributed by atoms with Crippen LogP contribution in [0.25, 0.3) is 0 Å². The number of piperidine rings is 1. The van der Waals surface area contributed by atoms with E-state index in [0.717, 1.165) is 12.3 Å². The Morgan fingerprint density at radius 2 is 1.92 bits per heavy atom. The molecule has 1 aromatic rings. The fraction of sp³-hybridized carbons (Fsp3) is 0.647. The summed E-state index contributed by atoms with van der Waals surface area (Å²) in [5.41, 5.74) is 4.56. The number of hydrogen-bond donors (Lipinski definition) is 2. The van der Waals surface area contributed by atoms with Crippen LogP contribution in [0.2, 0.25) is 0 Å². The molecule has 6 nitrogen and oxygen atoms in total. The van der Waals surface area contributed by atoms with Crippen LogP contribution in [-0.4, -0.2) is 48.8 Å². The Kier molecular flexibility index (Phi) is 5.38. The van der Waals surface area contributed by atoms with Gasteiger partial charge in [-0.05, 0) is 37.8 Å². The van der Waals surface area contributed by atoms with E-state index in [1.54, 1.807) is 0 Å². The van der Waals surface area contributed by atoms with Crippen LogP contribution in [0.4, 0.5) is 19.0 Å². The molecule has 144 valence electrons. The number of nitrogens with one attached hydrogen (secondary N) is 1. The van der Waals surface area contributed by atoms with E-state index in [4.69, 9.17) is 10.5 Å². The van der Waals surface area contributed by atoms with E-state index in [-0.39, 0.29) is 11.9 Å². The van der Waals surface area contributed by atoms with Gasteiger partial charge in [-0.1, -0.05) is 0 Å². The number of hydrogen-bond acceptors (Lipinski definition) is 5. The second-order valence-electron chi connectivity index (χ2n) is 6.91. The molecule has 0 unspecified atom stereocenters. The van der Waals surface area contributed by atoms with E-state index in [2.05, 4.69) is 10.3 Å². The van der Waals surface area contributed by atoms with Gasteiger partial charge in [0.25, 0.3) is 0 Å². The van der Waals surface area contributed by atoms with Gasteiger partial charge in [-0.15, -0.1) is 0 Å². The van der Waals surface area contributed by atoms with Crippen molar-refractivity contribution in [3.63, 3.8) is 0 Å². The predicted molar refractivity (Wildman–Crippen MR) is 89.6 cm³/mol. The van der Waals surface area contributed by atoms with Crippen molar-refractivity contribution in [1.82, 2.24) is 10.3 Å². The summed E-state index contributed by atoms with van der Waals surface area (Å²) >= 11 is 0. The van der Waals surface area contributed by atoms with Crippen LogP contribution in [-0.2, 0) is 15.7 Å². The zero-order valence-electron chi connectivity index (χ0n) is 14.4. The summed E-state index contributed by atoms with van der Waals surface area (Å²) in [6, 6.07) is 2.44. The summed E-state index contributed by atoms with van der Waals surface area (Å²) in [4.78, 5) is 18.3. The summed E-state index contributed by atoms with van der Waals surface area (Å²) in [7, 11) is 0. The highest BCUT2D eigenvalue weighted by Crippen LogP contribution is 2.30. The van der Waals surface area contributed by atoms with Crippen molar-refractivity contribution < 1.29 is 22.7 Å². The third-order valence-electron chi connectivity index (χ3n) is 5.07. The number of ether oxygens (including phenoxy) is 1. The van der Waals surface area contributed by atoms with E-state index in [1.807, 2.05) is 4.90 Å². The number of carbonyl (C=O) groups is 1. The van der Waals surface area contributed by atoms with Gasteiger partial charge in [-0.25, -0.2) is 4.98 Å². The molecule has 0 aromatic carbocycles. The lowest BCUT2D eigenvalue weighted by Crippen LogP contribution is -2.59. The van der Waals surface area contributed by atoms with Crippen LogP contribution in [0.1, 0.15) is 31.2 Å². The van der Waals surface area contributed by atoms with Crippen LogP contribution in [0.3, 0.4) is 0 Å². The lowest BCUT2D eigenvalue weighted by atomic mass is 9.89. The first-order valence-corrected chi connectivity index (χ1v) is 8.74. The topological polar surface area (TPSA) is 80.5 Å². The zero-order valence-corrected chi connectivity index (χ0v) is 14.4. The lowest BCUT2D eigenvalue weighted by Gasteiger charge is -2.37. The van der Waals surface area contributed by atoms with Gasteiger partial charge in [-0.3, -0.25) is 4.79 Å². The molecule has 3 rings (SSSR count). The summed E-state index contributed by atoms with van der Waals surface area (Å²) < 4.78 is 43.1. The van der Waals surface area contributed by atoms with Gasteiger partial charge in [-0.2, -0.15) is 13.2 Å². The fourth-order valence-electron chi connectivity index (χ4n) is 3.29. The predicted octanol–water partition coefficient (Wildman–Crippen LogP) is 1.69. The van der Waals surface area contributed by atoms with Crippen LogP contribution in [0.5, 0.6) is 0 Å². The molecule has 0 aliphatic carbocycles. The van der Waals surface area contributed by atoms with Gasteiger partial charge in [0.2, 0.25) is 5.91 Å². The van der Waals surface area contributed by atoms with E-state index in [1.165, 1.54) is 6.07 Å². The lowest BCUT2D eigenvalue weighted by molar-refractivity contribution is -0.137. The van der Waals surface area contributed by atoms with Crippen molar-refractivity contribution in [2.45, 2.75) is 43.4 Å². The smallest absolute Gasteiger partial charge is 0.381 e. The number of aromatic nitrogens is 1. The maximum atomic E-state index is 12.6. The molecule has 9 heteroatoms. The molecular weight excluding hydrogens is 349 g/mol. The number of carbonyl (C=O) groups excluding carboxylic acids is 1. The Morgan fingerprint density at radius 1 is 1.27 bits per heavy atom. The SMILES string of the molecule is NC1(C(=O)NC2CCN(c3ccc(C(F)(F)F)cn3)CC2)CCOCC1. The van der Waals surface area contributed by atoms with E-state index in [9.17, 15) is 18.0 Å². The number of nitrogens with zero attached hydrogens (tertiary/aromatic N) is 2. The molecule has 0 bridgehead atoms. The number of anilines is 1. The normalized spacial score (nSPS) is 21.5. The van der Waals surface area contributed by atoms with Gasteiger partial charge < -0.3 is 20.7 Å². The first-order chi connectivity index (χ1) is 12.3. The maximum Gasteiger partial charge on any atom is 0.417 e. The second kappa shape index (κ2) is 7.40. The molecule has 2 fully saturated rings. The largest absolute Gasteiger partial charge is 0.417 e. The first kappa shape index (κ1) is 18.9.